The molecule has 166 valence electrons. The molecule has 2 aromatic heterocycles. The molecule has 0 fully saturated rings. The molecular weight excluding hydrogens is 440 g/mol. The van der Waals surface area contributed by atoms with Crippen LogP contribution in [0.15, 0.2) is 30.5 Å². The van der Waals surface area contributed by atoms with Gasteiger partial charge in [-0.3, -0.25) is 0 Å². The molecule has 3 aromatic rings. The third kappa shape index (κ3) is 4.76. The van der Waals surface area contributed by atoms with Crippen molar-refractivity contribution in [2.75, 3.05) is 13.2 Å². The fourth-order valence-electron chi connectivity index (χ4n) is 2.97. The molecule has 2 heterocycles. The number of pyridine rings is 1. The van der Waals surface area contributed by atoms with E-state index in [1.54, 1.807) is 0 Å². The average molecular weight is 459 g/mol. The Kier molecular flexibility index (Phi) is 6.45. The Hall–Kier alpha value is -2.81. The van der Waals surface area contributed by atoms with Crippen LogP contribution in [0.4, 0.5) is 17.6 Å². The molecule has 0 N–H and O–H groups in total. The van der Waals surface area contributed by atoms with Crippen molar-refractivity contribution in [2.45, 2.75) is 26.9 Å². The monoisotopic (exact) mass is 458 g/mol. The van der Waals surface area contributed by atoms with Gasteiger partial charge >= 0.3 is 12.1 Å². The Morgan fingerprint density at radius 1 is 1.23 bits per heavy atom. The molecule has 0 atom stereocenters. The first kappa shape index (κ1) is 22.9. The molecule has 0 saturated heterocycles. The first-order valence-corrected chi connectivity index (χ1v) is 9.78. The Balaban J connectivity index is 2.18. The van der Waals surface area contributed by atoms with Crippen molar-refractivity contribution in [3.8, 4) is 11.6 Å². The minimum absolute atomic E-state index is 0.000517. The molecule has 0 bridgehead atoms. The molecule has 0 aliphatic heterocycles. The van der Waals surface area contributed by atoms with Gasteiger partial charge in [0.15, 0.2) is 0 Å². The van der Waals surface area contributed by atoms with Gasteiger partial charge in [0, 0.05) is 5.39 Å². The van der Waals surface area contributed by atoms with Crippen LogP contribution in [-0.2, 0) is 10.9 Å². The Morgan fingerprint density at radius 3 is 2.52 bits per heavy atom. The van der Waals surface area contributed by atoms with E-state index in [1.807, 2.05) is 13.8 Å². The molecule has 0 radical (unpaired) electrons. The maximum Gasteiger partial charge on any atom is 0.431 e. The van der Waals surface area contributed by atoms with E-state index < -0.39 is 29.2 Å². The molecule has 5 nitrogen and oxygen atoms in total. The highest BCUT2D eigenvalue weighted by Crippen LogP contribution is 2.38. The normalized spacial score (nSPS) is 11.9. The average Bonchev–Trinajstić information content (AvgIpc) is 3.05. The summed E-state index contributed by atoms with van der Waals surface area (Å²) >= 11 is 6.16. The molecule has 0 amide bonds. The van der Waals surface area contributed by atoms with E-state index >= 15 is 0 Å². The molecule has 0 spiro atoms. The number of hydrogen-bond donors (Lipinski definition) is 0. The number of halogens is 5. The first-order chi connectivity index (χ1) is 14.5. The lowest BCUT2D eigenvalue weighted by molar-refractivity contribution is -0.142. The van der Waals surface area contributed by atoms with Crippen molar-refractivity contribution in [2.24, 2.45) is 5.92 Å². The van der Waals surface area contributed by atoms with Crippen LogP contribution in [0.5, 0.6) is 5.88 Å². The topological polar surface area (TPSA) is 53.4 Å². The zero-order chi connectivity index (χ0) is 22.9. The number of hydrogen-bond acceptors (Lipinski definition) is 4. The Morgan fingerprint density at radius 2 is 1.94 bits per heavy atom. The molecule has 0 unspecified atom stereocenters. The van der Waals surface area contributed by atoms with Crippen LogP contribution >= 0.6 is 11.6 Å². The van der Waals surface area contributed by atoms with Crippen molar-refractivity contribution in [1.82, 2.24) is 9.55 Å². The minimum Gasteiger partial charge on any atom is -0.476 e. The largest absolute Gasteiger partial charge is 0.476 e. The molecule has 0 aliphatic rings. The van der Waals surface area contributed by atoms with E-state index in [0.717, 1.165) is 29.0 Å². The summed E-state index contributed by atoms with van der Waals surface area (Å²) in [7, 11) is 0. The summed E-state index contributed by atoms with van der Waals surface area (Å²) in [4.78, 5) is 15.9. The second kappa shape index (κ2) is 8.74. The summed E-state index contributed by atoms with van der Waals surface area (Å²) < 4.78 is 66.8. The van der Waals surface area contributed by atoms with Crippen LogP contribution in [0.1, 0.15) is 36.8 Å². The van der Waals surface area contributed by atoms with E-state index in [2.05, 4.69) is 4.98 Å². The number of esters is 1. The maximum atomic E-state index is 14.6. The van der Waals surface area contributed by atoms with Crippen molar-refractivity contribution >= 4 is 28.5 Å². The number of nitrogens with zero attached hydrogens (tertiary/aromatic N) is 2. The highest BCUT2D eigenvalue weighted by Gasteiger charge is 2.36. The second-order valence-electron chi connectivity index (χ2n) is 7.16. The maximum absolute atomic E-state index is 14.6. The summed E-state index contributed by atoms with van der Waals surface area (Å²) in [6.45, 7) is 5.71. The minimum atomic E-state index is -4.77. The van der Waals surface area contributed by atoms with Crippen LogP contribution in [0.25, 0.3) is 16.6 Å². The number of aromatic nitrogens is 2. The molecule has 10 heteroatoms. The molecule has 1 aromatic carbocycles. The van der Waals surface area contributed by atoms with Gasteiger partial charge in [-0.2, -0.15) is 13.2 Å². The zero-order valence-electron chi connectivity index (χ0n) is 16.9. The number of fused-ring (bicyclic) bond motifs is 1. The van der Waals surface area contributed by atoms with Gasteiger partial charge in [0.05, 0.1) is 36.2 Å². The highest BCUT2D eigenvalue weighted by molar-refractivity contribution is 6.32. The van der Waals surface area contributed by atoms with Crippen LogP contribution in [0.3, 0.4) is 0 Å². The summed E-state index contributed by atoms with van der Waals surface area (Å²) in [6, 6.07) is 3.97. The molecule has 0 aliphatic carbocycles. The molecule has 31 heavy (non-hydrogen) atoms. The van der Waals surface area contributed by atoms with Gasteiger partial charge in [0.2, 0.25) is 5.88 Å². The van der Waals surface area contributed by atoms with Gasteiger partial charge in [-0.15, -0.1) is 0 Å². The predicted molar refractivity (Wildman–Crippen MR) is 107 cm³/mol. The number of carbonyl (C=O) groups excluding carboxylic acids is 1. The van der Waals surface area contributed by atoms with Crippen molar-refractivity contribution in [1.29, 1.82) is 0 Å². The number of ether oxygens (including phenoxy) is 2. The van der Waals surface area contributed by atoms with Crippen LogP contribution < -0.4 is 4.74 Å². The third-order valence-corrected chi connectivity index (χ3v) is 4.55. The van der Waals surface area contributed by atoms with E-state index in [1.165, 1.54) is 13.0 Å². The van der Waals surface area contributed by atoms with Gasteiger partial charge in [0.1, 0.15) is 16.5 Å². The fraction of sp³-hybridized carbons (Fsp3) is 0.333. The standard InChI is InChI=1S/C21H19ClF4N2O3/c1-4-30-20(29)14-5-12-6-18(21(24,25)26)28(17(12)8-16(14)23)13-7-15(22)19(27-9-13)31-10-11(2)3/h5-9,11H,4,10H2,1-3H3. The zero-order valence-corrected chi connectivity index (χ0v) is 17.6. The highest BCUT2D eigenvalue weighted by atomic mass is 35.5. The molecular formula is C21H19ClF4N2O3. The van der Waals surface area contributed by atoms with E-state index in [4.69, 9.17) is 21.1 Å². The Labute approximate surface area is 180 Å². The SMILES string of the molecule is CCOC(=O)c1cc2cc(C(F)(F)F)n(-c3cnc(OCC(C)C)c(Cl)c3)c2cc1F. The van der Waals surface area contributed by atoms with Crippen LogP contribution in [0, 0.1) is 11.7 Å². The van der Waals surface area contributed by atoms with Gasteiger partial charge in [-0.25, -0.2) is 14.2 Å². The molecule has 3 rings (SSSR count). The number of rotatable bonds is 6. The van der Waals surface area contributed by atoms with Gasteiger partial charge in [-0.1, -0.05) is 25.4 Å². The number of carbonyl (C=O) groups is 1. The van der Waals surface area contributed by atoms with Crippen molar-refractivity contribution < 1.29 is 31.8 Å². The van der Waals surface area contributed by atoms with Crippen molar-refractivity contribution in [3.63, 3.8) is 0 Å². The quantitative estimate of drug-likeness (QED) is 0.333. The lowest BCUT2D eigenvalue weighted by atomic mass is 10.1. The summed E-state index contributed by atoms with van der Waals surface area (Å²) in [5.41, 5.74) is -1.66. The number of benzene rings is 1. The predicted octanol–water partition coefficient (Wildman–Crippen LogP) is 6.05. The summed E-state index contributed by atoms with van der Waals surface area (Å²) in [6.07, 6.45) is -3.60. The van der Waals surface area contributed by atoms with Gasteiger partial charge in [0.25, 0.3) is 0 Å². The van der Waals surface area contributed by atoms with Crippen LogP contribution in [-0.4, -0.2) is 28.7 Å². The fourth-order valence-corrected chi connectivity index (χ4v) is 3.19. The van der Waals surface area contributed by atoms with Gasteiger partial charge in [-0.05, 0) is 37.1 Å². The van der Waals surface area contributed by atoms with E-state index in [9.17, 15) is 22.4 Å². The lowest BCUT2D eigenvalue weighted by Crippen LogP contribution is -2.13. The van der Waals surface area contributed by atoms with Crippen LogP contribution in [0.2, 0.25) is 5.02 Å². The Bertz CT molecular complexity index is 1130. The summed E-state index contributed by atoms with van der Waals surface area (Å²) in [5, 5.41) is 0.0183. The van der Waals surface area contributed by atoms with Crippen molar-refractivity contribution in [3.05, 3.63) is 52.6 Å². The number of alkyl halides is 3. The first-order valence-electron chi connectivity index (χ1n) is 9.41. The van der Waals surface area contributed by atoms with E-state index in [-0.39, 0.29) is 40.0 Å². The van der Waals surface area contributed by atoms with E-state index in [0.29, 0.717) is 6.61 Å². The molecule has 0 saturated carbocycles. The third-order valence-electron chi connectivity index (χ3n) is 4.28. The lowest BCUT2D eigenvalue weighted by Gasteiger charge is -2.15. The van der Waals surface area contributed by atoms with Gasteiger partial charge < -0.3 is 14.0 Å². The smallest absolute Gasteiger partial charge is 0.431 e. The summed E-state index contributed by atoms with van der Waals surface area (Å²) in [5.74, 6) is -1.69. The second-order valence-corrected chi connectivity index (χ2v) is 7.57.